The summed E-state index contributed by atoms with van der Waals surface area (Å²) < 4.78 is 4.69. The Bertz CT molecular complexity index is 1070. The maximum absolute atomic E-state index is 12.9. The fraction of sp³-hybridized carbons (Fsp3) is 0.391. The first-order valence-corrected chi connectivity index (χ1v) is 12.4. The molecule has 0 aliphatic carbocycles. The molecule has 6 nitrogen and oxygen atoms in total. The number of nitrogens with zero attached hydrogens (tertiary/aromatic N) is 4. The molecule has 162 valence electrons. The molecule has 8 heteroatoms. The number of pyridine rings is 1. The topological polar surface area (TPSA) is 53.4 Å². The molecule has 2 aliphatic rings. The van der Waals surface area contributed by atoms with Crippen molar-refractivity contribution in [2.24, 2.45) is 0 Å². The zero-order chi connectivity index (χ0) is 21.2. The van der Waals surface area contributed by atoms with E-state index in [9.17, 15) is 4.79 Å². The zero-order valence-electron chi connectivity index (χ0n) is 17.7. The van der Waals surface area contributed by atoms with Crippen LogP contribution in [0.5, 0.6) is 0 Å². The number of rotatable bonds is 6. The van der Waals surface area contributed by atoms with Crippen LogP contribution in [0.3, 0.4) is 0 Å². The fourth-order valence-corrected chi connectivity index (χ4v) is 6.31. The molecule has 3 aromatic rings. The summed E-state index contributed by atoms with van der Waals surface area (Å²) in [5.41, 5.74) is 2.42. The van der Waals surface area contributed by atoms with Gasteiger partial charge in [-0.2, -0.15) is 0 Å². The number of hydrogen-bond donors (Lipinski definition) is 1. The smallest absolute Gasteiger partial charge is 0.261 e. The standard InChI is InChI=1S/C23H27N5OS2/c1-17-20(31-28-13-12-26-11-5-7-19(26)16-28)14-21(30-17)23(29)25-15-18-6-4-8-24-22(18)27-9-2-3-10-27/h4-8,11,14H,2-3,9-10,12-13,15-16H2,1H3,(H,25,29). The fourth-order valence-electron chi connectivity index (χ4n) is 4.22. The highest BCUT2D eigenvalue weighted by molar-refractivity contribution is 7.97. The third kappa shape index (κ3) is 4.51. The number of aryl methyl sites for hydroxylation is 1. The van der Waals surface area contributed by atoms with Gasteiger partial charge in [0.2, 0.25) is 0 Å². The lowest BCUT2D eigenvalue weighted by Crippen LogP contribution is -2.27. The van der Waals surface area contributed by atoms with E-state index in [0.717, 1.165) is 49.0 Å². The molecule has 0 bridgehead atoms. The Morgan fingerprint density at radius 3 is 2.94 bits per heavy atom. The summed E-state index contributed by atoms with van der Waals surface area (Å²) in [6, 6.07) is 10.3. The Morgan fingerprint density at radius 1 is 1.19 bits per heavy atom. The van der Waals surface area contributed by atoms with E-state index < -0.39 is 0 Å². The van der Waals surface area contributed by atoms with Crippen LogP contribution in [0, 0.1) is 6.92 Å². The van der Waals surface area contributed by atoms with E-state index in [1.54, 1.807) is 23.3 Å². The molecule has 1 fully saturated rings. The highest BCUT2D eigenvalue weighted by Gasteiger charge is 2.21. The van der Waals surface area contributed by atoms with Crippen LogP contribution in [-0.4, -0.2) is 39.4 Å². The van der Waals surface area contributed by atoms with Crippen molar-refractivity contribution in [1.29, 1.82) is 0 Å². The minimum absolute atomic E-state index is 0.0105. The lowest BCUT2D eigenvalue weighted by molar-refractivity contribution is 0.0955. The number of thiophene rings is 1. The van der Waals surface area contributed by atoms with Crippen molar-refractivity contribution in [1.82, 2.24) is 19.2 Å². The molecule has 5 rings (SSSR count). The third-order valence-corrected chi connectivity index (χ3v) is 8.26. The van der Waals surface area contributed by atoms with E-state index >= 15 is 0 Å². The van der Waals surface area contributed by atoms with E-state index in [2.05, 4.69) is 55.4 Å². The number of nitrogens with one attached hydrogen (secondary N) is 1. The van der Waals surface area contributed by atoms with E-state index in [4.69, 9.17) is 0 Å². The van der Waals surface area contributed by atoms with Crippen molar-refractivity contribution in [3.05, 3.63) is 63.7 Å². The summed E-state index contributed by atoms with van der Waals surface area (Å²) in [4.78, 5) is 22.9. The van der Waals surface area contributed by atoms with Crippen molar-refractivity contribution in [2.45, 2.75) is 44.3 Å². The highest BCUT2D eigenvalue weighted by atomic mass is 32.2. The highest BCUT2D eigenvalue weighted by Crippen LogP contribution is 2.34. The lowest BCUT2D eigenvalue weighted by Gasteiger charge is -2.27. The second-order valence-electron chi connectivity index (χ2n) is 8.04. The second kappa shape index (κ2) is 9.06. The van der Waals surface area contributed by atoms with Crippen LogP contribution < -0.4 is 10.2 Å². The predicted octanol–water partition coefficient (Wildman–Crippen LogP) is 4.31. The lowest BCUT2D eigenvalue weighted by atomic mass is 10.2. The quantitative estimate of drug-likeness (QED) is 0.564. The predicted molar refractivity (Wildman–Crippen MR) is 127 cm³/mol. The summed E-state index contributed by atoms with van der Waals surface area (Å²) in [5, 5.41) is 3.11. The minimum Gasteiger partial charge on any atom is -0.356 e. The van der Waals surface area contributed by atoms with Crippen LogP contribution in [0.2, 0.25) is 0 Å². The number of hydrogen-bond acceptors (Lipinski definition) is 6. The molecular weight excluding hydrogens is 426 g/mol. The van der Waals surface area contributed by atoms with Crippen molar-refractivity contribution < 1.29 is 4.79 Å². The van der Waals surface area contributed by atoms with Gasteiger partial charge in [0.05, 0.1) is 4.88 Å². The van der Waals surface area contributed by atoms with E-state index in [1.807, 2.05) is 18.3 Å². The first-order chi connectivity index (χ1) is 15.2. The molecule has 31 heavy (non-hydrogen) atoms. The number of carbonyl (C=O) groups excluding carboxylic acids is 1. The van der Waals surface area contributed by atoms with Crippen molar-refractivity contribution >= 4 is 35.0 Å². The zero-order valence-corrected chi connectivity index (χ0v) is 19.3. The number of carbonyl (C=O) groups is 1. The van der Waals surface area contributed by atoms with Gasteiger partial charge in [-0.3, -0.25) is 4.79 Å². The average Bonchev–Trinajstić information content (AvgIpc) is 3.54. The van der Waals surface area contributed by atoms with Crippen LogP contribution in [0.25, 0.3) is 0 Å². The van der Waals surface area contributed by atoms with E-state index in [0.29, 0.717) is 6.54 Å². The van der Waals surface area contributed by atoms with Gasteiger partial charge in [-0.05, 0) is 56.0 Å². The van der Waals surface area contributed by atoms with Crippen LogP contribution in [0.1, 0.15) is 38.6 Å². The summed E-state index contributed by atoms with van der Waals surface area (Å²) in [6.45, 7) is 7.63. The van der Waals surface area contributed by atoms with Gasteiger partial charge in [-0.1, -0.05) is 6.07 Å². The maximum Gasteiger partial charge on any atom is 0.261 e. The van der Waals surface area contributed by atoms with Crippen molar-refractivity contribution in [3.63, 3.8) is 0 Å². The molecule has 2 aliphatic heterocycles. The normalized spacial score (nSPS) is 16.5. The molecule has 3 aromatic heterocycles. The molecule has 5 heterocycles. The summed E-state index contributed by atoms with van der Waals surface area (Å²) >= 11 is 3.34. The first kappa shape index (κ1) is 20.6. The average molecular weight is 454 g/mol. The number of amides is 1. The number of aromatic nitrogens is 2. The molecule has 0 unspecified atom stereocenters. The van der Waals surface area contributed by atoms with Crippen molar-refractivity contribution in [3.8, 4) is 0 Å². The second-order valence-corrected chi connectivity index (χ2v) is 10.4. The third-order valence-electron chi connectivity index (χ3n) is 5.89. The molecule has 1 saturated heterocycles. The Kier molecular flexibility index (Phi) is 6.02. The molecule has 0 spiro atoms. The Hall–Kier alpha value is -2.29. The van der Waals surface area contributed by atoms with Gasteiger partial charge < -0.3 is 14.8 Å². The largest absolute Gasteiger partial charge is 0.356 e. The molecule has 1 amide bonds. The van der Waals surface area contributed by atoms with Gasteiger partial charge in [-0.15, -0.1) is 11.3 Å². The van der Waals surface area contributed by atoms with Gasteiger partial charge in [0.15, 0.2) is 0 Å². The van der Waals surface area contributed by atoms with Crippen LogP contribution in [0.15, 0.2) is 47.6 Å². The monoisotopic (exact) mass is 453 g/mol. The summed E-state index contributed by atoms with van der Waals surface area (Å²) in [5.74, 6) is 0.998. The van der Waals surface area contributed by atoms with Gasteiger partial charge >= 0.3 is 0 Å². The van der Waals surface area contributed by atoms with E-state index in [1.165, 1.54) is 28.3 Å². The first-order valence-electron chi connectivity index (χ1n) is 10.8. The summed E-state index contributed by atoms with van der Waals surface area (Å²) in [6.07, 6.45) is 6.40. The number of fused-ring (bicyclic) bond motifs is 1. The minimum atomic E-state index is -0.0105. The molecule has 0 radical (unpaired) electrons. The van der Waals surface area contributed by atoms with Crippen molar-refractivity contribution in [2.75, 3.05) is 24.5 Å². The summed E-state index contributed by atoms with van der Waals surface area (Å²) in [7, 11) is 0. The Morgan fingerprint density at radius 2 is 2.06 bits per heavy atom. The van der Waals surface area contributed by atoms with Crippen LogP contribution >= 0.6 is 23.3 Å². The molecule has 1 N–H and O–H groups in total. The molecule has 0 atom stereocenters. The van der Waals surface area contributed by atoms with Gasteiger partial charge in [-0.25, -0.2) is 9.29 Å². The Balaban J connectivity index is 1.22. The van der Waals surface area contributed by atoms with E-state index in [-0.39, 0.29) is 5.91 Å². The molecule has 0 aromatic carbocycles. The Labute approximate surface area is 191 Å². The van der Waals surface area contributed by atoms with Gasteiger partial charge in [0.25, 0.3) is 5.91 Å². The van der Waals surface area contributed by atoms with Crippen LogP contribution in [0.4, 0.5) is 5.82 Å². The van der Waals surface area contributed by atoms with Crippen LogP contribution in [-0.2, 0) is 19.6 Å². The SMILES string of the molecule is Cc1sc(C(=O)NCc2cccnc2N2CCCC2)cc1SN1CCn2cccc2C1. The van der Waals surface area contributed by atoms with Gasteiger partial charge in [0.1, 0.15) is 5.82 Å². The van der Waals surface area contributed by atoms with Gasteiger partial charge in [0, 0.05) is 72.7 Å². The number of anilines is 1. The molecule has 0 saturated carbocycles. The molecular formula is C23H27N5OS2. The maximum atomic E-state index is 12.9.